The first-order chi connectivity index (χ1) is 10.9. The molecule has 118 valence electrons. The number of hydrogen-bond acceptors (Lipinski definition) is 4. The molecule has 0 aliphatic carbocycles. The number of hydrogen-bond donors (Lipinski definition) is 1. The van der Waals surface area contributed by atoms with E-state index in [1.165, 1.54) is 11.6 Å². The van der Waals surface area contributed by atoms with E-state index in [1.807, 2.05) is 19.1 Å². The maximum atomic E-state index is 12.5. The molecule has 0 radical (unpaired) electrons. The van der Waals surface area contributed by atoms with Crippen LogP contribution in [0.4, 0.5) is 11.4 Å². The first-order valence-corrected chi connectivity index (χ1v) is 7.36. The molecule has 3 aromatic rings. The van der Waals surface area contributed by atoms with Crippen LogP contribution in [0.3, 0.4) is 0 Å². The van der Waals surface area contributed by atoms with Crippen molar-refractivity contribution in [3.05, 3.63) is 61.9 Å². The van der Waals surface area contributed by atoms with Crippen LogP contribution in [0.5, 0.6) is 0 Å². The fourth-order valence-electron chi connectivity index (χ4n) is 2.42. The van der Waals surface area contributed by atoms with Crippen molar-refractivity contribution in [1.82, 2.24) is 14.1 Å². The second-order valence-electron chi connectivity index (χ2n) is 5.35. The van der Waals surface area contributed by atoms with Crippen LogP contribution < -0.4 is 16.6 Å². The van der Waals surface area contributed by atoms with Gasteiger partial charge in [-0.3, -0.25) is 13.9 Å². The summed E-state index contributed by atoms with van der Waals surface area (Å²) in [6, 6.07) is 7.25. The highest BCUT2D eigenvalue weighted by Gasteiger charge is 2.13. The third-order valence-electron chi connectivity index (χ3n) is 3.79. The van der Waals surface area contributed by atoms with Crippen molar-refractivity contribution in [2.24, 2.45) is 14.1 Å². The summed E-state index contributed by atoms with van der Waals surface area (Å²) in [5.74, 6) is 0. The second kappa shape index (κ2) is 5.55. The van der Waals surface area contributed by atoms with Crippen LogP contribution in [0.15, 0.2) is 40.1 Å². The van der Waals surface area contributed by atoms with Crippen LogP contribution in [0.1, 0.15) is 5.56 Å². The number of aryl methyl sites for hydroxylation is 2. The maximum absolute atomic E-state index is 12.5. The SMILES string of the molecule is Cc1ccc(Nc2ccnc3c2c(=O)n(C)c(=O)n3C)cc1Cl. The fraction of sp³-hybridized carbons (Fsp3) is 0.188. The predicted molar refractivity (Wildman–Crippen MR) is 91.7 cm³/mol. The third kappa shape index (κ3) is 2.51. The van der Waals surface area contributed by atoms with Crippen LogP contribution in [0.25, 0.3) is 11.0 Å². The van der Waals surface area contributed by atoms with Crippen LogP contribution in [0, 0.1) is 6.92 Å². The highest BCUT2D eigenvalue weighted by molar-refractivity contribution is 6.31. The van der Waals surface area contributed by atoms with Gasteiger partial charge in [-0.15, -0.1) is 0 Å². The quantitative estimate of drug-likeness (QED) is 0.783. The van der Waals surface area contributed by atoms with E-state index in [0.717, 1.165) is 15.8 Å². The van der Waals surface area contributed by atoms with E-state index in [0.29, 0.717) is 21.7 Å². The molecule has 0 spiro atoms. The monoisotopic (exact) mass is 330 g/mol. The molecule has 0 fully saturated rings. The van der Waals surface area contributed by atoms with Gasteiger partial charge in [0.1, 0.15) is 5.39 Å². The molecule has 2 aromatic heterocycles. The lowest BCUT2D eigenvalue weighted by Gasteiger charge is -2.12. The molecule has 0 atom stereocenters. The van der Waals surface area contributed by atoms with Gasteiger partial charge in [0.25, 0.3) is 5.56 Å². The molecular weight excluding hydrogens is 316 g/mol. The van der Waals surface area contributed by atoms with E-state index in [4.69, 9.17) is 11.6 Å². The van der Waals surface area contributed by atoms with Crippen molar-refractivity contribution >= 4 is 34.0 Å². The van der Waals surface area contributed by atoms with Gasteiger partial charge < -0.3 is 5.32 Å². The summed E-state index contributed by atoms with van der Waals surface area (Å²) in [7, 11) is 3.03. The Morgan fingerprint density at radius 1 is 1.13 bits per heavy atom. The van der Waals surface area contributed by atoms with E-state index in [1.54, 1.807) is 25.4 Å². The number of nitrogens with one attached hydrogen (secondary N) is 1. The van der Waals surface area contributed by atoms with Gasteiger partial charge in [0.05, 0.1) is 5.69 Å². The fourth-order valence-corrected chi connectivity index (χ4v) is 2.60. The van der Waals surface area contributed by atoms with Crippen molar-refractivity contribution in [3.8, 4) is 0 Å². The Balaban J connectivity index is 2.24. The number of anilines is 2. The van der Waals surface area contributed by atoms with E-state index in [-0.39, 0.29) is 0 Å². The number of pyridine rings is 1. The zero-order valence-electron chi connectivity index (χ0n) is 12.9. The molecule has 0 bridgehead atoms. The Hall–Kier alpha value is -2.60. The van der Waals surface area contributed by atoms with Crippen LogP contribution in [-0.2, 0) is 14.1 Å². The van der Waals surface area contributed by atoms with Crippen molar-refractivity contribution in [2.45, 2.75) is 6.92 Å². The normalized spacial score (nSPS) is 11.0. The van der Waals surface area contributed by atoms with Gasteiger partial charge >= 0.3 is 5.69 Å². The average molecular weight is 331 g/mol. The Morgan fingerprint density at radius 2 is 1.87 bits per heavy atom. The van der Waals surface area contributed by atoms with Crippen LogP contribution >= 0.6 is 11.6 Å². The predicted octanol–water partition coefficient (Wildman–Crippen LogP) is 2.34. The minimum Gasteiger partial charge on any atom is -0.355 e. The van der Waals surface area contributed by atoms with Crippen LogP contribution in [0.2, 0.25) is 5.02 Å². The minimum atomic E-state index is -0.412. The number of fused-ring (bicyclic) bond motifs is 1. The van der Waals surface area contributed by atoms with Gasteiger partial charge in [-0.2, -0.15) is 0 Å². The maximum Gasteiger partial charge on any atom is 0.332 e. The number of rotatable bonds is 2. The first kappa shape index (κ1) is 15.3. The number of benzene rings is 1. The largest absolute Gasteiger partial charge is 0.355 e. The molecule has 3 rings (SSSR count). The lowest BCUT2D eigenvalue weighted by atomic mass is 10.2. The van der Waals surface area contributed by atoms with Crippen molar-refractivity contribution in [3.63, 3.8) is 0 Å². The smallest absolute Gasteiger partial charge is 0.332 e. The van der Waals surface area contributed by atoms with E-state index in [2.05, 4.69) is 10.3 Å². The van der Waals surface area contributed by atoms with E-state index >= 15 is 0 Å². The average Bonchev–Trinajstić information content (AvgIpc) is 2.54. The summed E-state index contributed by atoms with van der Waals surface area (Å²) in [5, 5.41) is 4.16. The highest BCUT2D eigenvalue weighted by atomic mass is 35.5. The summed E-state index contributed by atoms with van der Waals surface area (Å²) < 4.78 is 2.42. The summed E-state index contributed by atoms with van der Waals surface area (Å²) in [6.07, 6.45) is 1.55. The first-order valence-electron chi connectivity index (χ1n) is 6.98. The Bertz CT molecular complexity index is 1040. The number of nitrogens with zero attached hydrogens (tertiary/aromatic N) is 3. The molecule has 0 amide bonds. The standard InChI is InChI=1S/C16H15ClN4O2/c1-9-4-5-10(8-11(9)17)19-12-6-7-18-14-13(12)15(22)21(3)16(23)20(14)2/h4-8H,1-3H3,(H,18,19). The molecule has 0 aliphatic rings. The molecule has 0 saturated heterocycles. The molecule has 1 aromatic carbocycles. The summed E-state index contributed by atoms with van der Waals surface area (Å²) >= 11 is 6.14. The number of aromatic nitrogens is 3. The summed E-state index contributed by atoms with van der Waals surface area (Å²) in [6.45, 7) is 1.92. The molecular formula is C16H15ClN4O2. The molecule has 6 nitrogen and oxygen atoms in total. The number of halogens is 1. The van der Waals surface area contributed by atoms with E-state index < -0.39 is 11.2 Å². The second-order valence-corrected chi connectivity index (χ2v) is 5.76. The van der Waals surface area contributed by atoms with Gasteiger partial charge in [0, 0.05) is 31.0 Å². The minimum absolute atomic E-state index is 0.335. The molecule has 1 N–H and O–H groups in total. The lowest BCUT2D eigenvalue weighted by Crippen LogP contribution is -2.37. The van der Waals surface area contributed by atoms with Crippen molar-refractivity contribution in [2.75, 3.05) is 5.32 Å². The zero-order chi connectivity index (χ0) is 16.7. The molecule has 0 unspecified atom stereocenters. The molecule has 0 aliphatic heterocycles. The van der Waals surface area contributed by atoms with Gasteiger partial charge in [0.15, 0.2) is 5.65 Å². The molecule has 2 heterocycles. The topological polar surface area (TPSA) is 68.9 Å². The molecule has 7 heteroatoms. The summed E-state index contributed by atoms with van der Waals surface area (Å²) in [4.78, 5) is 28.6. The highest BCUT2D eigenvalue weighted by Crippen LogP contribution is 2.25. The van der Waals surface area contributed by atoms with Crippen LogP contribution in [-0.4, -0.2) is 14.1 Å². The Morgan fingerprint density at radius 3 is 2.57 bits per heavy atom. The molecule has 0 saturated carbocycles. The Labute approximate surface area is 137 Å². The van der Waals surface area contributed by atoms with Crippen molar-refractivity contribution in [1.29, 1.82) is 0 Å². The molecule has 23 heavy (non-hydrogen) atoms. The Kier molecular flexibility index (Phi) is 3.69. The van der Waals surface area contributed by atoms with Gasteiger partial charge in [-0.05, 0) is 30.7 Å². The third-order valence-corrected chi connectivity index (χ3v) is 4.20. The van der Waals surface area contributed by atoms with E-state index in [9.17, 15) is 9.59 Å². The lowest BCUT2D eigenvalue weighted by molar-refractivity contribution is 0.708. The van der Waals surface area contributed by atoms with Crippen molar-refractivity contribution < 1.29 is 0 Å². The van der Waals surface area contributed by atoms with Gasteiger partial charge in [-0.1, -0.05) is 17.7 Å². The summed E-state index contributed by atoms with van der Waals surface area (Å²) in [5.41, 5.74) is 1.83. The van der Waals surface area contributed by atoms with Gasteiger partial charge in [0.2, 0.25) is 0 Å². The zero-order valence-corrected chi connectivity index (χ0v) is 13.7. The van der Waals surface area contributed by atoms with Gasteiger partial charge in [-0.25, -0.2) is 9.78 Å².